The van der Waals surface area contributed by atoms with E-state index in [2.05, 4.69) is 19.1 Å². The third-order valence-electron chi connectivity index (χ3n) is 2.59. The van der Waals surface area contributed by atoms with Gasteiger partial charge in [0, 0.05) is 9.75 Å². The standard InChI is InChI=1S/C15H12FNS/c1-2-14-7-8-15(18-14)9-12(10-17)11-3-5-13(16)6-4-11/h3-9H,2H2,1H3/b12-9+. The lowest BCUT2D eigenvalue weighted by molar-refractivity contribution is 0.627. The molecule has 0 aliphatic carbocycles. The Morgan fingerprint density at radius 2 is 2.00 bits per heavy atom. The topological polar surface area (TPSA) is 23.8 Å². The first-order valence-electron chi connectivity index (χ1n) is 5.69. The van der Waals surface area contributed by atoms with Crippen LogP contribution in [0.4, 0.5) is 4.39 Å². The number of allylic oxidation sites excluding steroid dienone is 1. The van der Waals surface area contributed by atoms with E-state index >= 15 is 0 Å². The van der Waals surface area contributed by atoms with E-state index in [1.54, 1.807) is 23.5 Å². The summed E-state index contributed by atoms with van der Waals surface area (Å²) in [5.41, 5.74) is 1.30. The molecule has 0 N–H and O–H groups in total. The summed E-state index contributed by atoms with van der Waals surface area (Å²) < 4.78 is 12.8. The zero-order valence-electron chi connectivity index (χ0n) is 9.98. The van der Waals surface area contributed by atoms with Crippen molar-refractivity contribution >= 4 is 23.0 Å². The van der Waals surface area contributed by atoms with E-state index < -0.39 is 0 Å². The molecule has 0 aliphatic heterocycles. The zero-order valence-corrected chi connectivity index (χ0v) is 10.8. The summed E-state index contributed by atoms with van der Waals surface area (Å²) in [4.78, 5) is 2.34. The van der Waals surface area contributed by atoms with Crippen LogP contribution in [0.25, 0.3) is 11.6 Å². The van der Waals surface area contributed by atoms with Crippen molar-refractivity contribution < 1.29 is 4.39 Å². The first-order valence-corrected chi connectivity index (χ1v) is 6.51. The molecule has 1 nitrogen and oxygen atoms in total. The highest BCUT2D eigenvalue weighted by atomic mass is 32.1. The highest BCUT2D eigenvalue weighted by molar-refractivity contribution is 7.12. The van der Waals surface area contributed by atoms with Gasteiger partial charge in [-0.1, -0.05) is 19.1 Å². The Bertz CT molecular complexity index is 602. The van der Waals surface area contributed by atoms with Gasteiger partial charge in [0.1, 0.15) is 5.82 Å². The molecule has 2 rings (SSSR count). The number of hydrogen-bond donors (Lipinski definition) is 0. The molecule has 18 heavy (non-hydrogen) atoms. The molecule has 0 fully saturated rings. The van der Waals surface area contributed by atoms with Crippen molar-refractivity contribution in [2.24, 2.45) is 0 Å². The maximum Gasteiger partial charge on any atom is 0.123 e. The fourth-order valence-electron chi connectivity index (χ4n) is 1.61. The molecular weight excluding hydrogens is 245 g/mol. The van der Waals surface area contributed by atoms with E-state index in [1.807, 2.05) is 12.1 Å². The van der Waals surface area contributed by atoms with Gasteiger partial charge in [0.25, 0.3) is 0 Å². The third kappa shape index (κ3) is 2.85. The minimum atomic E-state index is -0.291. The lowest BCUT2D eigenvalue weighted by atomic mass is 10.1. The molecule has 0 saturated carbocycles. The number of nitrogens with zero attached hydrogens (tertiary/aromatic N) is 1. The van der Waals surface area contributed by atoms with Crippen LogP contribution in [-0.2, 0) is 6.42 Å². The second-order valence-corrected chi connectivity index (χ2v) is 5.03. The summed E-state index contributed by atoms with van der Waals surface area (Å²) in [7, 11) is 0. The molecule has 0 amide bonds. The van der Waals surface area contributed by atoms with Gasteiger partial charge in [0.05, 0.1) is 11.6 Å². The van der Waals surface area contributed by atoms with Crippen LogP contribution >= 0.6 is 11.3 Å². The summed E-state index contributed by atoms with van der Waals surface area (Å²) in [6, 6.07) is 12.2. The van der Waals surface area contributed by atoms with Crippen LogP contribution in [0.1, 0.15) is 22.2 Å². The van der Waals surface area contributed by atoms with Crippen molar-refractivity contribution in [2.45, 2.75) is 13.3 Å². The van der Waals surface area contributed by atoms with Crippen LogP contribution in [0.5, 0.6) is 0 Å². The van der Waals surface area contributed by atoms with Gasteiger partial charge in [-0.15, -0.1) is 11.3 Å². The summed E-state index contributed by atoms with van der Waals surface area (Å²) in [6.45, 7) is 2.10. The van der Waals surface area contributed by atoms with Gasteiger partial charge in [-0.2, -0.15) is 5.26 Å². The van der Waals surface area contributed by atoms with Crippen LogP contribution < -0.4 is 0 Å². The highest BCUT2D eigenvalue weighted by Gasteiger charge is 2.03. The van der Waals surface area contributed by atoms with E-state index in [4.69, 9.17) is 5.26 Å². The van der Waals surface area contributed by atoms with Crippen LogP contribution in [0.15, 0.2) is 36.4 Å². The van der Waals surface area contributed by atoms with E-state index in [-0.39, 0.29) is 5.82 Å². The molecule has 1 aromatic carbocycles. The van der Waals surface area contributed by atoms with E-state index in [1.165, 1.54) is 17.0 Å². The summed E-state index contributed by atoms with van der Waals surface area (Å²) >= 11 is 1.67. The molecule has 1 aromatic heterocycles. The molecule has 3 heteroatoms. The Morgan fingerprint density at radius 3 is 2.56 bits per heavy atom. The maximum absolute atomic E-state index is 12.8. The molecule has 2 aromatic rings. The minimum absolute atomic E-state index is 0.291. The SMILES string of the molecule is CCc1ccc(/C=C(\C#N)c2ccc(F)cc2)s1. The zero-order chi connectivity index (χ0) is 13.0. The van der Waals surface area contributed by atoms with Crippen molar-refractivity contribution in [3.63, 3.8) is 0 Å². The predicted octanol–water partition coefficient (Wildman–Crippen LogP) is 4.51. The third-order valence-corrected chi connectivity index (χ3v) is 3.77. The van der Waals surface area contributed by atoms with Crippen molar-refractivity contribution in [3.8, 4) is 6.07 Å². The largest absolute Gasteiger partial charge is 0.207 e. The minimum Gasteiger partial charge on any atom is -0.207 e. The number of benzene rings is 1. The predicted molar refractivity (Wildman–Crippen MR) is 73.6 cm³/mol. The van der Waals surface area contributed by atoms with Gasteiger partial charge in [-0.25, -0.2) is 4.39 Å². The Balaban J connectivity index is 2.33. The summed E-state index contributed by atoms with van der Waals surface area (Å²) in [6.07, 6.45) is 2.84. The molecule has 90 valence electrons. The second kappa shape index (κ2) is 5.61. The number of nitriles is 1. The van der Waals surface area contributed by atoms with Crippen molar-refractivity contribution in [2.75, 3.05) is 0 Å². The molecule has 0 unspecified atom stereocenters. The van der Waals surface area contributed by atoms with Crippen molar-refractivity contribution in [1.29, 1.82) is 5.26 Å². The molecule has 0 spiro atoms. The van der Waals surface area contributed by atoms with Gasteiger partial charge in [-0.05, 0) is 42.3 Å². The monoisotopic (exact) mass is 257 g/mol. The van der Waals surface area contributed by atoms with Gasteiger partial charge in [0.2, 0.25) is 0 Å². The number of thiophene rings is 1. The molecule has 0 atom stereocenters. The molecule has 1 heterocycles. The Labute approximate surface area is 110 Å². The van der Waals surface area contributed by atoms with Crippen molar-refractivity contribution in [1.82, 2.24) is 0 Å². The summed E-state index contributed by atoms with van der Waals surface area (Å²) in [5.74, 6) is -0.291. The maximum atomic E-state index is 12.8. The van der Waals surface area contributed by atoms with E-state index in [0.29, 0.717) is 5.57 Å². The van der Waals surface area contributed by atoms with E-state index in [0.717, 1.165) is 16.9 Å². The first-order chi connectivity index (χ1) is 8.72. The Morgan fingerprint density at radius 1 is 1.28 bits per heavy atom. The molecule has 0 saturated heterocycles. The lowest BCUT2D eigenvalue weighted by Gasteiger charge is -1.98. The molecule has 0 radical (unpaired) electrons. The molecular formula is C15H12FNS. The molecule has 0 bridgehead atoms. The fourth-order valence-corrected chi connectivity index (χ4v) is 2.51. The average molecular weight is 257 g/mol. The smallest absolute Gasteiger partial charge is 0.123 e. The van der Waals surface area contributed by atoms with Crippen LogP contribution in [0, 0.1) is 17.1 Å². The normalized spacial score (nSPS) is 11.3. The number of aryl methyl sites for hydroxylation is 1. The van der Waals surface area contributed by atoms with Gasteiger partial charge in [0.15, 0.2) is 0 Å². The quantitative estimate of drug-likeness (QED) is 0.742. The van der Waals surface area contributed by atoms with Crippen LogP contribution in [0.3, 0.4) is 0 Å². The number of halogens is 1. The lowest BCUT2D eigenvalue weighted by Crippen LogP contribution is -1.81. The van der Waals surface area contributed by atoms with Gasteiger partial charge in [-0.3, -0.25) is 0 Å². The first kappa shape index (κ1) is 12.5. The number of rotatable bonds is 3. The van der Waals surface area contributed by atoms with E-state index in [9.17, 15) is 4.39 Å². The van der Waals surface area contributed by atoms with Gasteiger partial charge >= 0.3 is 0 Å². The van der Waals surface area contributed by atoms with Crippen LogP contribution in [-0.4, -0.2) is 0 Å². The van der Waals surface area contributed by atoms with Crippen molar-refractivity contribution in [3.05, 3.63) is 57.5 Å². The number of hydrogen-bond acceptors (Lipinski definition) is 2. The highest BCUT2D eigenvalue weighted by Crippen LogP contribution is 2.23. The second-order valence-electron chi connectivity index (χ2n) is 3.83. The fraction of sp³-hybridized carbons (Fsp3) is 0.133. The van der Waals surface area contributed by atoms with Gasteiger partial charge < -0.3 is 0 Å². The summed E-state index contributed by atoms with van der Waals surface area (Å²) in [5, 5.41) is 9.17. The Hall–Kier alpha value is -1.92. The Kier molecular flexibility index (Phi) is 3.91. The van der Waals surface area contributed by atoms with Crippen LogP contribution in [0.2, 0.25) is 0 Å². The average Bonchev–Trinajstić information content (AvgIpc) is 2.85. The molecule has 0 aliphatic rings.